The highest BCUT2D eigenvalue weighted by molar-refractivity contribution is 5.95. The topological polar surface area (TPSA) is 70.6 Å². The molecule has 0 saturated carbocycles. The van der Waals surface area contributed by atoms with Gasteiger partial charge in [-0.05, 0) is 37.5 Å². The molecule has 1 aromatic rings. The number of aliphatic hydroxyl groups excluding tert-OH is 1. The monoisotopic (exact) mass is 278 g/mol. The molecule has 3 N–H and O–H groups in total. The Morgan fingerprint density at radius 2 is 2.15 bits per heavy atom. The molecule has 0 aliphatic carbocycles. The first-order valence-corrected chi connectivity index (χ1v) is 6.94. The number of hydrogen-bond donors (Lipinski definition) is 3. The highest BCUT2D eigenvalue weighted by atomic mass is 16.5. The summed E-state index contributed by atoms with van der Waals surface area (Å²) in [6.07, 6.45) is 0. The lowest BCUT2D eigenvalue weighted by Crippen LogP contribution is -2.35. The summed E-state index contributed by atoms with van der Waals surface area (Å²) in [5.74, 6) is 0.771. The lowest BCUT2D eigenvalue weighted by molar-refractivity contribution is -0.118. The molecule has 0 radical (unpaired) electrons. The van der Waals surface area contributed by atoms with E-state index in [1.807, 2.05) is 25.1 Å². The van der Waals surface area contributed by atoms with Gasteiger partial charge in [-0.3, -0.25) is 4.79 Å². The summed E-state index contributed by atoms with van der Waals surface area (Å²) in [6, 6.07) is 6.13. The predicted octanol–water partition coefficient (Wildman–Crippen LogP) is 1.68. The second kappa shape index (κ2) is 6.24. The lowest BCUT2D eigenvalue weighted by Gasteiger charge is -2.25. The highest BCUT2D eigenvalue weighted by Crippen LogP contribution is 2.30. The van der Waals surface area contributed by atoms with Gasteiger partial charge < -0.3 is 20.5 Å². The second-order valence-corrected chi connectivity index (χ2v) is 5.43. The zero-order valence-electron chi connectivity index (χ0n) is 12.1. The summed E-state index contributed by atoms with van der Waals surface area (Å²) in [4.78, 5) is 11.3. The molecule has 20 heavy (non-hydrogen) atoms. The fourth-order valence-electron chi connectivity index (χ4n) is 2.18. The number of carbonyl (C=O) groups excluding carboxylic acids is 1. The Kier molecular flexibility index (Phi) is 4.62. The first-order valence-electron chi connectivity index (χ1n) is 6.94. The first-order chi connectivity index (χ1) is 9.51. The van der Waals surface area contributed by atoms with E-state index in [1.165, 1.54) is 0 Å². The third-order valence-electron chi connectivity index (χ3n) is 3.79. The van der Waals surface area contributed by atoms with E-state index in [2.05, 4.69) is 24.5 Å². The standard InChI is InChI=1S/C15H22N2O3/c1-9(7-18)10(2)16-11(3)12-4-5-14-13(6-12)17-15(19)8-20-14/h4-6,9-11,16,18H,7-8H2,1-3H3,(H,17,19). The molecular weight excluding hydrogens is 256 g/mol. The van der Waals surface area contributed by atoms with E-state index in [-0.39, 0.29) is 37.1 Å². The van der Waals surface area contributed by atoms with Gasteiger partial charge in [0.1, 0.15) is 5.75 Å². The summed E-state index contributed by atoms with van der Waals surface area (Å²) >= 11 is 0. The molecule has 1 aliphatic heterocycles. The van der Waals surface area contributed by atoms with E-state index in [0.29, 0.717) is 5.75 Å². The van der Waals surface area contributed by atoms with E-state index in [9.17, 15) is 9.90 Å². The van der Waals surface area contributed by atoms with Crippen LogP contribution in [0, 0.1) is 5.92 Å². The largest absolute Gasteiger partial charge is 0.482 e. The number of rotatable bonds is 5. The van der Waals surface area contributed by atoms with Crippen LogP contribution in [0.4, 0.5) is 5.69 Å². The number of carbonyl (C=O) groups is 1. The summed E-state index contributed by atoms with van der Waals surface area (Å²) in [6.45, 7) is 6.36. The average Bonchev–Trinajstić information content (AvgIpc) is 2.45. The van der Waals surface area contributed by atoms with Crippen molar-refractivity contribution in [2.24, 2.45) is 5.92 Å². The molecule has 3 atom stereocenters. The Bertz CT molecular complexity index is 490. The number of aliphatic hydroxyl groups is 1. The Morgan fingerprint density at radius 1 is 1.40 bits per heavy atom. The maximum absolute atomic E-state index is 11.3. The van der Waals surface area contributed by atoms with Gasteiger partial charge in [0.15, 0.2) is 6.61 Å². The van der Waals surface area contributed by atoms with Gasteiger partial charge in [0.2, 0.25) is 0 Å². The number of hydrogen-bond acceptors (Lipinski definition) is 4. The number of benzene rings is 1. The molecule has 5 heteroatoms. The van der Waals surface area contributed by atoms with Crippen LogP contribution in [0.5, 0.6) is 5.75 Å². The molecule has 1 aromatic carbocycles. The lowest BCUT2D eigenvalue weighted by atomic mass is 10.0. The maximum Gasteiger partial charge on any atom is 0.262 e. The Morgan fingerprint density at radius 3 is 2.85 bits per heavy atom. The van der Waals surface area contributed by atoms with Crippen molar-refractivity contribution in [1.29, 1.82) is 0 Å². The van der Waals surface area contributed by atoms with Gasteiger partial charge in [-0.1, -0.05) is 13.0 Å². The number of nitrogens with one attached hydrogen (secondary N) is 2. The number of amides is 1. The minimum absolute atomic E-state index is 0.0746. The van der Waals surface area contributed by atoms with Gasteiger partial charge >= 0.3 is 0 Å². The van der Waals surface area contributed by atoms with E-state index in [1.54, 1.807) is 0 Å². The van der Waals surface area contributed by atoms with Gasteiger partial charge in [0.05, 0.1) is 5.69 Å². The molecule has 0 bridgehead atoms. The molecule has 0 spiro atoms. The Balaban J connectivity index is 2.09. The summed E-state index contributed by atoms with van der Waals surface area (Å²) in [7, 11) is 0. The predicted molar refractivity (Wildman–Crippen MR) is 77.8 cm³/mol. The van der Waals surface area contributed by atoms with Crippen LogP contribution in [0.1, 0.15) is 32.4 Å². The molecule has 1 amide bonds. The maximum atomic E-state index is 11.3. The van der Waals surface area contributed by atoms with Crippen molar-refractivity contribution in [3.05, 3.63) is 23.8 Å². The molecule has 3 unspecified atom stereocenters. The SMILES string of the molecule is CC(NC(C)C(C)CO)c1ccc2c(c1)NC(=O)CO2. The number of anilines is 1. The first kappa shape index (κ1) is 14.8. The minimum Gasteiger partial charge on any atom is -0.482 e. The molecule has 1 aliphatic rings. The summed E-state index contributed by atoms with van der Waals surface area (Å²) in [5.41, 5.74) is 1.79. The average molecular weight is 278 g/mol. The summed E-state index contributed by atoms with van der Waals surface area (Å²) < 4.78 is 5.34. The van der Waals surface area contributed by atoms with Crippen LogP contribution in [0.2, 0.25) is 0 Å². The molecule has 0 fully saturated rings. The van der Waals surface area contributed by atoms with Gasteiger partial charge in [0, 0.05) is 18.7 Å². The van der Waals surface area contributed by atoms with Crippen LogP contribution < -0.4 is 15.4 Å². The minimum atomic E-state index is -0.127. The quantitative estimate of drug-likeness (QED) is 0.766. The van der Waals surface area contributed by atoms with E-state index in [4.69, 9.17) is 4.74 Å². The van der Waals surface area contributed by atoms with Crippen molar-refractivity contribution < 1.29 is 14.6 Å². The molecule has 2 rings (SSSR count). The Hall–Kier alpha value is -1.59. The van der Waals surface area contributed by atoms with Crippen LogP contribution in [-0.4, -0.2) is 30.3 Å². The van der Waals surface area contributed by atoms with Crippen molar-refractivity contribution in [2.75, 3.05) is 18.5 Å². The van der Waals surface area contributed by atoms with Crippen LogP contribution in [0.25, 0.3) is 0 Å². The number of ether oxygens (including phenoxy) is 1. The molecule has 110 valence electrons. The van der Waals surface area contributed by atoms with Gasteiger partial charge in [-0.2, -0.15) is 0 Å². The van der Waals surface area contributed by atoms with Crippen molar-refractivity contribution >= 4 is 11.6 Å². The third kappa shape index (κ3) is 3.29. The normalized spacial score (nSPS) is 18.5. The molecule has 0 saturated heterocycles. The van der Waals surface area contributed by atoms with Crippen LogP contribution >= 0.6 is 0 Å². The van der Waals surface area contributed by atoms with E-state index in [0.717, 1.165) is 11.3 Å². The number of fused-ring (bicyclic) bond motifs is 1. The van der Waals surface area contributed by atoms with Crippen LogP contribution in [-0.2, 0) is 4.79 Å². The van der Waals surface area contributed by atoms with Crippen molar-refractivity contribution in [1.82, 2.24) is 5.32 Å². The third-order valence-corrected chi connectivity index (χ3v) is 3.79. The summed E-state index contributed by atoms with van der Waals surface area (Å²) in [5, 5.41) is 15.4. The smallest absolute Gasteiger partial charge is 0.262 e. The van der Waals surface area contributed by atoms with Crippen LogP contribution in [0.3, 0.4) is 0 Å². The van der Waals surface area contributed by atoms with Crippen molar-refractivity contribution in [3.8, 4) is 5.75 Å². The molecule has 5 nitrogen and oxygen atoms in total. The highest BCUT2D eigenvalue weighted by Gasteiger charge is 2.19. The fourth-order valence-corrected chi connectivity index (χ4v) is 2.18. The van der Waals surface area contributed by atoms with E-state index < -0.39 is 0 Å². The molecular formula is C15H22N2O3. The zero-order valence-corrected chi connectivity index (χ0v) is 12.1. The van der Waals surface area contributed by atoms with Crippen molar-refractivity contribution in [2.45, 2.75) is 32.9 Å². The molecule has 1 heterocycles. The van der Waals surface area contributed by atoms with Gasteiger partial charge in [-0.25, -0.2) is 0 Å². The van der Waals surface area contributed by atoms with Crippen molar-refractivity contribution in [3.63, 3.8) is 0 Å². The van der Waals surface area contributed by atoms with E-state index >= 15 is 0 Å². The fraction of sp³-hybridized carbons (Fsp3) is 0.533. The molecule has 0 aromatic heterocycles. The second-order valence-electron chi connectivity index (χ2n) is 5.43. The van der Waals surface area contributed by atoms with Gasteiger partial charge in [-0.15, -0.1) is 0 Å². The Labute approximate surface area is 119 Å². The zero-order chi connectivity index (χ0) is 14.7. The van der Waals surface area contributed by atoms with Gasteiger partial charge in [0.25, 0.3) is 5.91 Å². The van der Waals surface area contributed by atoms with Crippen LogP contribution in [0.15, 0.2) is 18.2 Å².